The molecule has 0 aromatic heterocycles. The maximum atomic E-state index is 11.4. The molecule has 1 aliphatic rings. The number of hydrogen-bond acceptors (Lipinski definition) is 3. The van der Waals surface area contributed by atoms with Gasteiger partial charge in [-0.05, 0) is 39.9 Å². The summed E-state index contributed by atoms with van der Waals surface area (Å²) in [6, 6.07) is 5.40. The average molecular weight is 215 g/mol. The number of ketones is 1. The number of benzene rings is 1. The molecule has 68 valence electrons. The molecule has 4 heteroatoms. The van der Waals surface area contributed by atoms with Crippen LogP contribution in [0.15, 0.2) is 23.1 Å². The van der Waals surface area contributed by atoms with E-state index < -0.39 is 0 Å². The topological polar surface area (TPSA) is 26.3 Å². The quantitative estimate of drug-likeness (QED) is 0.719. The van der Waals surface area contributed by atoms with Crippen molar-refractivity contribution in [2.75, 3.05) is 6.61 Å². The third kappa shape index (κ3) is 1.67. The van der Waals surface area contributed by atoms with Crippen molar-refractivity contribution in [3.05, 3.63) is 23.8 Å². The Morgan fingerprint density at radius 2 is 2.31 bits per heavy atom. The molecule has 13 heavy (non-hydrogen) atoms. The Morgan fingerprint density at radius 1 is 1.46 bits per heavy atom. The van der Waals surface area contributed by atoms with Gasteiger partial charge in [-0.3, -0.25) is 4.79 Å². The lowest BCUT2D eigenvalue weighted by Gasteiger charge is -2.16. The second-order valence-electron chi connectivity index (χ2n) is 2.76. The largest absolute Gasteiger partial charge is 0.492 e. The number of carbonyl (C=O) groups excluding carboxylic acids is 1. The lowest BCUT2D eigenvalue weighted by Crippen LogP contribution is -2.14. The van der Waals surface area contributed by atoms with E-state index in [9.17, 15) is 4.79 Å². The Labute approximate surface area is 84.7 Å². The molecule has 1 aromatic carbocycles. The maximum Gasteiger partial charge on any atom is 0.170 e. The Hall–Kier alpha value is -0.670. The fraction of sp³-hybridized carbons (Fsp3) is 0.222. The summed E-state index contributed by atoms with van der Waals surface area (Å²) < 4.78 is 5.32. The van der Waals surface area contributed by atoms with Crippen LogP contribution >= 0.6 is 21.7 Å². The fourth-order valence-electron chi connectivity index (χ4n) is 1.29. The molecule has 0 saturated heterocycles. The van der Waals surface area contributed by atoms with Crippen molar-refractivity contribution in [2.24, 2.45) is 0 Å². The molecule has 0 fully saturated rings. The summed E-state index contributed by atoms with van der Waals surface area (Å²) in [4.78, 5) is 12.3. The second-order valence-corrected chi connectivity index (χ2v) is 3.85. The van der Waals surface area contributed by atoms with E-state index in [1.54, 1.807) is 12.1 Å². The first kappa shape index (κ1) is 8.91. The summed E-state index contributed by atoms with van der Waals surface area (Å²) in [6.07, 6.45) is 0.462. The summed E-state index contributed by atoms with van der Waals surface area (Å²) in [6.45, 7) is 0.485. The number of Topliss-reactive ketones (excluding diaryl/α,β-unsaturated/α-hetero) is 1. The first-order valence-electron chi connectivity index (χ1n) is 3.90. The van der Waals surface area contributed by atoms with E-state index in [-0.39, 0.29) is 5.78 Å². The first-order chi connectivity index (χ1) is 6.31. The highest BCUT2D eigenvalue weighted by Gasteiger charge is 2.18. The van der Waals surface area contributed by atoms with Gasteiger partial charge in [-0.2, -0.15) is 0 Å². The van der Waals surface area contributed by atoms with E-state index in [1.165, 1.54) is 0 Å². The highest BCUT2D eigenvalue weighted by Crippen LogP contribution is 2.30. The van der Waals surface area contributed by atoms with Gasteiger partial charge in [0.1, 0.15) is 5.75 Å². The van der Waals surface area contributed by atoms with E-state index in [2.05, 4.69) is 0 Å². The third-order valence-corrected chi connectivity index (χ3v) is 2.89. The van der Waals surface area contributed by atoms with E-state index >= 15 is 0 Å². The zero-order valence-corrected chi connectivity index (χ0v) is 8.32. The van der Waals surface area contributed by atoms with Gasteiger partial charge in [0.15, 0.2) is 5.78 Å². The summed E-state index contributed by atoms with van der Waals surface area (Å²) in [5.41, 5.74) is 0.650. The Kier molecular flexibility index (Phi) is 2.47. The minimum absolute atomic E-state index is 0.133. The van der Waals surface area contributed by atoms with Crippen LogP contribution in [0.1, 0.15) is 16.8 Å². The lowest BCUT2D eigenvalue weighted by molar-refractivity contribution is 0.0933. The minimum Gasteiger partial charge on any atom is -0.492 e. The minimum atomic E-state index is 0.133. The van der Waals surface area contributed by atoms with Gasteiger partial charge < -0.3 is 4.74 Å². The van der Waals surface area contributed by atoms with Crippen LogP contribution in [-0.2, 0) is 0 Å². The monoisotopic (exact) mass is 214 g/mol. The summed E-state index contributed by atoms with van der Waals surface area (Å²) in [7, 11) is 6.69. The van der Waals surface area contributed by atoms with Gasteiger partial charge in [0.2, 0.25) is 0 Å². The highest BCUT2D eigenvalue weighted by molar-refractivity contribution is 8.21. The molecule has 2 rings (SSSR count). The maximum absolute atomic E-state index is 11.4. The summed E-state index contributed by atoms with van der Waals surface area (Å²) >= 11 is 0. The van der Waals surface area contributed by atoms with Crippen molar-refractivity contribution in [1.29, 1.82) is 0 Å². The molecule has 0 saturated carbocycles. The standard InChI is InChI=1S/C9H7ClO2S/c10-13-6-1-2-9-7(5-6)8(11)3-4-12-9/h1-2,5H,3-4H2. The molecule has 0 amide bonds. The molecule has 0 bridgehead atoms. The van der Waals surface area contributed by atoms with Crippen LogP contribution in [-0.4, -0.2) is 12.4 Å². The molecule has 0 radical (unpaired) electrons. The molecular formula is C9H7ClO2S. The molecule has 0 aliphatic carbocycles. The number of rotatable bonds is 1. The van der Waals surface area contributed by atoms with E-state index in [4.69, 9.17) is 15.4 Å². The third-order valence-electron chi connectivity index (χ3n) is 1.93. The SMILES string of the molecule is O=C1CCOc2ccc(SCl)cc21. The van der Waals surface area contributed by atoms with Gasteiger partial charge in [-0.1, -0.05) is 0 Å². The Morgan fingerprint density at radius 3 is 3.08 bits per heavy atom. The van der Waals surface area contributed by atoms with Crippen molar-refractivity contribution < 1.29 is 9.53 Å². The van der Waals surface area contributed by atoms with Crippen molar-refractivity contribution in [1.82, 2.24) is 0 Å². The number of halogens is 1. The van der Waals surface area contributed by atoms with Gasteiger partial charge in [0.25, 0.3) is 0 Å². The van der Waals surface area contributed by atoms with E-state index in [0.29, 0.717) is 24.3 Å². The van der Waals surface area contributed by atoms with Crippen LogP contribution in [0.2, 0.25) is 0 Å². The average Bonchev–Trinajstić information content (AvgIpc) is 2.18. The second kappa shape index (κ2) is 3.60. The van der Waals surface area contributed by atoms with Crippen molar-refractivity contribution in [3.8, 4) is 5.75 Å². The van der Waals surface area contributed by atoms with Crippen LogP contribution in [0.4, 0.5) is 0 Å². The van der Waals surface area contributed by atoms with E-state index in [0.717, 1.165) is 15.9 Å². The number of ether oxygens (including phenoxy) is 1. The van der Waals surface area contributed by atoms with Crippen LogP contribution in [0.5, 0.6) is 5.75 Å². The van der Waals surface area contributed by atoms with Crippen LogP contribution in [0, 0.1) is 0 Å². The van der Waals surface area contributed by atoms with Crippen LogP contribution in [0.3, 0.4) is 0 Å². The predicted molar refractivity (Wildman–Crippen MR) is 52.6 cm³/mol. The van der Waals surface area contributed by atoms with Crippen LogP contribution in [0.25, 0.3) is 0 Å². The molecule has 1 aliphatic heterocycles. The van der Waals surface area contributed by atoms with E-state index in [1.807, 2.05) is 6.07 Å². The first-order valence-corrected chi connectivity index (χ1v) is 5.54. The summed E-state index contributed by atoms with van der Waals surface area (Å²) in [5.74, 6) is 0.805. The van der Waals surface area contributed by atoms with Crippen molar-refractivity contribution >= 4 is 27.4 Å². The number of fused-ring (bicyclic) bond motifs is 1. The molecular weight excluding hydrogens is 208 g/mol. The van der Waals surface area contributed by atoms with Gasteiger partial charge >= 0.3 is 0 Å². The van der Waals surface area contributed by atoms with Gasteiger partial charge in [0, 0.05) is 11.3 Å². The van der Waals surface area contributed by atoms with Gasteiger partial charge in [-0.15, -0.1) is 0 Å². The molecule has 1 aromatic rings. The Balaban J connectivity index is 2.47. The highest BCUT2D eigenvalue weighted by atomic mass is 35.7. The Bertz CT molecular complexity index is 351. The van der Waals surface area contributed by atoms with Gasteiger partial charge in [0.05, 0.1) is 12.2 Å². The van der Waals surface area contributed by atoms with Crippen LogP contribution < -0.4 is 4.74 Å². The normalized spacial score (nSPS) is 15.0. The zero-order valence-electron chi connectivity index (χ0n) is 6.75. The van der Waals surface area contributed by atoms with Gasteiger partial charge in [-0.25, -0.2) is 0 Å². The van der Waals surface area contributed by atoms with Crippen molar-refractivity contribution in [2.45, 2.75) is 11.3 Å². The molecule has 2 nitrogen and oxygen atoms in total. The lowest BCUT2D eigenvalue weighted by atomic mass is 10.1. The number of hydrogen-bond donors (Lipinski definition) is 0. The predicted octanol–water partition coefficient (Wildman–Crippen LogP) is 2.90. The zero-order chi connectivity index (χ0) is 9.26. The molecule has 0 unspecified atom stereocenters. The van der Waals surface area contributed by atoms with Crippen molar-refractivity contribution in [3.63, 3.8) is 0 Å². The molecule has 0 N–H and O–H groups in total. The molecule has 0 spiro atoms. The summed E-state index contributed by atoms with van der Waals surface area (Å²) in [5, 5.41) is 0. The smallest absolute Gasteiger partial charge is 0.170 e. The molecule has 0 atom stereocenters. The molecule has 1 heterocycles. The fourth-order valence-corrected chi connectivity index (χ4v) is 1.86. The number of carbonyl (C=O) groups is 1.